The van der Waals surface area contributed by atoms with Crippen molar-refractivity contribution in [3.8, 4) is 11.5 Å². The molecule has 0 N–H and O–H groups in total. The number of benzene rings is 2. The molecule has 0 aromatic heterocycles. The lowest BCUT2D eigenvalue weighted by molar-refractivity contribution is -0.132. The summed E-state index contributed by atoms with van der Waals surface area (Å²) in [5.41, 5.74) is 4.92. The predicted molar refractivity (Wildman–Crippen MR) is 122 cm³/mol. The van der Waals surface area contributed by atoms with E-state index < -0.39 is 11.9 Å². The molecule has 0 heterocycles. The molecule has 0 aliphatic rings. The van der Waals surface area contributed by atoms with Crippen molar-refractivity contribution in [1.82, 2.24) is 0 Å². The van der Waals surface area contributed by atoms with Gasteiger partial charge in [0.2, 0.25) is 0 Å². The van der Waals surface area contributed by atoms with E-state index in [4.69, 9.17) is 9.47 Å². The van der Waals surface area contributed by atoms with Crippen molar-refractivity contribution in [1.29, 1.82) is 0 Å². The minimum absolute atomic E-state index is 0.180. The molecule has 0 amide bonds. The van der Waals surface area contributed by atoms with Crippen LogP contribution in [0.5, 0.6) is 11.5 Å². The highest BCUT2D eigenvalue weighted by Crippen LogP contribution is 2.27. The summed E-state index contributed by atoms with van der Waals surface area (Å²) in [6.45, 7) is 12.2. The first-order valence-electron chi connectivity index (χ1n) is 9.75. The lowest BCUT2D eigenvalue weighted by Crippen LogP contribution is -2.05. The van der Waals surface area contributed by atoms with Crippen LogP contribution in [0.2, 0.25) is 0 Å². The summed E-state index contributed by atoms with van der Waals surface area (Å²) in [5.74, 6) is -0.750. The summed E-state index contributed by atoms with van der Waals surface area (Å²) in [4.78, 5) is 35.5. The summed E-state index contributed by atoms with van der Waals surface area (Å²) < 4.78 is 10.2. The SMILES string of the molecule is C=C(C)/C=C/c1c(C)ccc(C(=O)/C=C/c2ccc(OC(C)=O)cc2OC(C)=O)c1C. The number of hydrogen-bond acceptors (Lipinski definition) is 5. The third-order valence-electron chi connectivity index (χ3n) is 4.45. The number of hydrogen-bond donors (Lipinski definition) is 0. The fourth-order valence-electron chi connectivity index (χ4n) is 2.99. The van der Waals surface area contributed by atoms with Crippen LogP contribution in [0.1, 0.15) is 53.4 Å². The molecule has 0 atom stereocenters. The van der Waals surface area contributed by atoms with Gasteiger partial charge in [0.25, 0.3) is 0 Å². The Hall–Kier alpha value is -3.73. The van der Waals surface area contributed by atoms with Crippen molar-refractivity contribution in [2.75, 3.05) is 0 Å². The highest BCUT2D eigenvalue weighted by Gasteiger charge is 2.12. The van der Waals surface area contributed by atoms with Gasteiger partial charge < -0.3 is 9.47 Å². The quantitative estimate of drug-likeness (QED) is 0.191. The Balaban J connectivity index is 2.38. The van der Waals surface area contributed by atoms with E-state index in [9.17, 15) is 14.4 Å². The van der Waals surface area contributed by atoms with Crippen LogP contribution in [-0.4, -0.2) is 17.7 Å². The molecule has 0 radical (unpaired) electrons. The number of ether oxygens (including phenoxy) is 2. The van der Waals surface area contributed by atoms with Crippen LogP contribution in [0, 0.1) is 13.8 Å². The van der Waals surface area contributed by atoms with Gasteiger partial charge >= 0.3 is 11.9 Å². The number of rotatable bonds is 7. The number of ketones is 1. The fraction of sp³-hybridized carbons (Fsp3) is 0.192. The molecule has 0 saturated heterocycles. The largest absolute Gasteiger partial charge is 0.427 e. The second-order valence-electron chi connectivity index (χ2n) is 7.23. The second kappa shape index (κ2) is 10.3. The molecule has 0 saturated carbocycles. The summed E-state index contributed by atoms with van der Waals surface area (Å²) >= 11 is 0. The Morgan fingerprint density at radius 2 is 1.55 bits per heavy atom. The molecule has 2 rings (SSSR count). The van der Waals surface area contributed by atoms with Gasteiger partial charge in [-0.2, -0.15) is 0 Å². The molecule has 2 aromatic rings. The molecule has 0 spiro atoms. The summed E-state index contributed by atoms with van der Waals surface area (Å²) in [6, 6.07) is 8.32. The third-order valence-corrected chi connectivity index (χ3v) is 4.45. The van der Waals surface area contributed by atoms with Crippen LogP contribution in [0.3, 0.4) is 0 Å². The minimum Gasteiger partial charge on any atom is -0.427 e. The lowest BCUT2D eigenvalue weighted by atomic mass is 9.94. The van der Waals surface area contributed by atoms with Gasteiger partial charge in [0, 0.05) is 31.0 Å². The Morgan fingerprint density at radius 1 is 0.871 bits per heavy atom. The smallest absolute Gasteiger partial charge is 0.308 e. The predicted octanol–water partition coefficient (Wildman–Crippen LogP) is 5.64. The molecule has 0 bridgehead atoms. The van der Waals surface area contributed by atoms with E-state index in [0.29, 0.717) is 11.1 Å². The van der Waals surface area contributed by atoms with Crippen molar-refractivity contribution < 1.29 is 23.9 Å². The first kappa shape index (κ1) is 23.5. The molecular weight excluding hydrogens is 392 g/mol. The Bertz CT molecular complexity index is 1100. The molecular formula is C26H26O5. The maximum Gasteiger partial charge on any atom is 0.308 e. The Morgan fingerprint density at radius 3 is 2.16 bits per heavy atom. The Kier molecular flexibility index (Phi) is 7.86. The zero-order valence-electron chi connectivity index (χ0n) is 18.4. The van der Waals surface area contributed by atoms with Crippen LogP contribution in [0.15, 0.2) is 54.6 Å². The standard InChI is InChI=1S/C26H26O5/c1-16(2)7-12-23-17(3)8-13-24(18(23)4)25(29)14-10-21-9-11-22(30-19(5)27)15-26(21)31-20(6)28/h7-15H,1H2,2-6H3/b12-7+,14-10+. The zero-order chi connectivity index (χ0) is 23.1. The lowest BCUT2D eigenvalue weighted by Gasteiger charge is -2.10. The fourth-order valence-corrected chi connectivity index (χ4v) is 2.99. The van der Waals surface area contributed by atoms with Crippen LogP contribution < -0.4 is 9.47 Å². The van der Waals surface area contributed by atoms with E-state index in [0.717, 1.165) is 22.3 Å². The number of allylic oxidation sites excluding steroid dienone is 3. The molecule has 0 aliphatic heterocycles. The molecule has 2 aromatic carbocycles. The van der Waals surface area contributed by atoms with Crippen LogP contribution in [0.4, 0.5) is 0 Å². The van der Waals surface area contributed by atoms with E-state index >= 15 is 0 Å². The highest BCUT2D eigenvalue weighted by molar-refractivity contribution is 6.08. The van der Waals surface area contributed by atoms with Gasteiger partial charge in [-0.05, 0) is 61.7 Å². The van der Waals surface area contributed by atoms with E-state index in [-0.39, 0.29) is 17.3 Å². The van der Waals surface area contributed by atoms with Crippen LogP contribution in [-0.2, 0) is 9.59 Å². The van der Waals surface area contributed by atoms with Gasteiger partial charge in [0.05, 0.1) is 0 Å². The van der Waals surface area contributed by atoms with Crippen LogP contribution in [0.25, 0.3) is 12.2 Å². The van der Waals surface area contributed by atoms with Crippen molar-refractivity contribution in [2.24, 2.45) is 0 Å². The number of carbonyl (C=O) groups excluding carboxylic acids is 3. The van der Waals surface area contributed by atoms with Gasteiger partial charge in [-0.3, -0.25) is 14.4 Å². The first-order chi connectivity index (χ1) is 14.6. The second-order valence-corrected chi connectivity index (χ2v) is 7.23. The topological polar surface area (TPSA) is 69.7 Å². The molecule has 160 valence electrons. The van der Waals surface area contributed by atoms with E-state index in [1.807, 2.05) is 39.0 Å². The van der Waals surface area contributed by atoms with E-state index in [1.165, 1.54) is 26.0 Å². The van der Waals surface area contributed by atoms with E-state index in [2.05, 4.69) is 6.58 Å². The maximum absolute atomic E-state index is 12.9. The van der Waals surface area contributed by atoms with E-state index in [1.54, 1.807) is 24.3 Å². The highest BCUT2D eigenvalue weighted by atomic mass is 16.5. The van der Waals surface area contributed by atoms with Gasteiger partial charge in [-0.25, -0.2) is 0 Å². The van der Waals surface area contributed by atoms with Crippen molar-refractivity contribution >= 4 is 29.9 Å². The zero-order valence-corrected chi connectivity index (χ0v) is 18.4. The van der Waals surface area contributed by atoms with Crippen molar-refractivity contribution in [2.45, 2.75) is 34.6 Å². The van der Waals surface area contributed by atoms with Gasteiger partial charge in [0.15, 0.2) is 5.78 Å². The average Bonchev–Trinajstić information content (AvgIpc) is 2.66. The molecule has 0 fully saturated rings. The number of esters is 2. The summed E-state index contributed by atoms with van der Waals surface area (Å²) in [5, 5.41) is 0. The molecule has 5 nitrogen and oxygen atoms in total. The normalized spacial score (nSPS) is 11.0. The maximum atomic E-state index is 12.9. The van der Waals surface area contributed by atoms with Crippen molar-refractivity contribution in [3.63, 3.8) is 0 Å². The molecule has 31 heavy (non-hydrogen) atoms. The number of aryl methyl sites for hydroxylation is 1. The first-order valence-corrected chi connectivity index (χ1v) is 9.75. The minimum atomic E-state index is -0.524. The molecule has 5 heteroatoms. The molecule has 0 unspecified atom stereocenters. The Labute approximate surface area is 182 Å². The molecule has 0 aliphatic carbocycles. The average molecular weight is 418 g/mol. The third kappa shape index (κ3) is 6.64. The van der Waals surface area contributed by atoms with Gasteiger partial charge in [0.1, 0.15) is 11.5 Å². The summed E-state index contributed by atoms with van der Waals surface area (Å²) in [7, 11) is 0. The summed E-state index contributed by atoms with van der Waals surface area (Å²) in [6.07, 6.45) is 6.87. The van der Waals surface area contributed by atoms with Gasteiger partial charge in [-0.15, -0.1) is 0 Å². The monoisotopic (exact) mass is 418 g/mol. The van der Waals surface area contributed by atoms with Crippen LogP contribution >= 0.6 is 0 Å². The van der Waals surface area contributed by atoms with Crippen molar-refractivity contribution in [3.05, 3.63) is 82.5 Å². The number of carbonyl (C=O) groups is 3. The van der Waals surface area contributed by atoms with Gasteiger partial charge in [-0.1, -0.05) is 36.4 Å².